The molecule has 7 heteroatoms. The molecular formula is C27H25N3O3S. The summed E-state index contributed by atoms with van der Waals surface area (Å²) >= 11 is 1.56. The number of aryl methyl sites for hydroxylation is 2. The first-order valence-electron chi connectivity index (χ1n) is 11.6. The van der Waals surface area contributed by atoms with Crippen molar-refractivity contribution in [3.05, 3.63) is 76.6 Å². The number of hydrogen-bond donors (Lipinski definition) is 1. The van der Waals surface area contributed by atoms with Crippen LogP contribution >= 0.6 is 11.3 Å². The number of nitrogens with zero attached hydrogens (tertiary/aromatic N) is 2. The molecule has 3 atom stereocenters. The molecule has 1 saturated heterocycles. The molecule has 4 aromatic rings. The fourth-order valence-electron chi connectivity index (χ4n) is 5.24. The smallest absolute Gasteiger partial charge is 0.274 e. The number of amides is 2. The summed E-state index contributed by atoms with van der Waals surface area (Å²) < 4.78 is 5.43. The topological polar surface area (TPSA) is 75.4 Å². The van der Waals surface area contributed by atoms with Crippen LogP contribution in [0.2, 0.25) is 0 Å². The van der Waals surface area contributed by atoms with E-state index in [9.17, 15) is 9.59 Å². The number of hydrogen-bond acceptors (Lipinski definition) is 5. The Morgan fingerprint density at radius 1 is 1.18 bits per heavy atom. The standard InChI is InChI=1S/C27H25N3O3S/c1-15-5-3-6-17(11-15)25-24(29-16(2)34-25)27(32)30-14-18-12-21(18)22(30)13-28-26(31)20-7-4-8-23-19(20)9-10-33-23/h3-11,18,21-22H,12-14H2,1-2H3,(H,28,31)/t18-,21-,22+/m0/s1. The van der Waals surface area contributed by atoms with Crippen LogP contribution in [0.3, 0.4) is 0 Å². The third-order valence-electron chi connectivity index (χ3n) is 6.99. The maximum atomic E-state index is 13.7. The van der Waals surface area contributed by atoms with Gasteiger partial charge in [-0.1, -0.05) is 35.9 Å². The summed E-state index contributed by atoms with van der Waals surface area (Å²) in [5.41, 5.74) is 3.98. The van der Waals surface area contributed by atoms with E-state index >= 15 is 0 Å². The van der Waals surface area contributed by atoms with Gasteiger partial charge in [0.2, 0.25) is 0 Å². The van der Waals surface area contributed by atoms with Crippen LogP contribution in [0, 0.1) is 25.7 Å². The van der Waals surface area contributed by atoms with Crippen LogP contribution in [0.5, 0.6) is 0 Å². The number of fused-ring (bicyclic) bond motifs is 2. The molecule has 34 heavy (non-hydrogen) atoms. The molecule has 6 rings (SSSR count). The summed E-state index contributed by atoms with van der Waals surface area (Å²) in [5.74, 6) is 0.777. The Hall–Kier alpha value is -3.45. The fourth-order valence-corrected chi connectivity index (χ4v) is 6.15. The second kappa shape index (κ2) is 8.09. The number of nitrogens with one attached hydrogen (secondary N) is 1. The Morgan fingerprint density at radius 2 is 2.03 bits per heavy atom. The highest BCUT2D eigenvalue weighted by Crippen LogP contribution is 2.50. The van der Waals surface area contributed by atoms with E-state index in [0.29, 0.717) is 35.2 Å². The van der Waals surface area contributed by atoms with Crippen LogP contribution in [0.4, 0.5) is 0 Å². The maximum absolute atomic E-state index is 13.7. The fraction of sp³-hybridized carbons (Fsp3) is 0.296. The minimum absolute atomic E-state index is 0.0163. The van der Waals surface area contributed by atoms with Crippen LogP contribution < -0.4 is 5.32 Å². The SMILES string of the molecule is Cc1cccc(-c2sc(C)nc2C(=O)N2C[C@@H]3C[C@@H]3[C@H]2CNC(=O)c2cccc3occc23)c1. The van der Waals surface area contributed by atoms with Gasteiger partial charge in [0.1, 0.15) is 11.3 Å². The van der Waals surface area contributed by atoms with Gasteiger partial charge in [-0.25, -0.2) is 4.98 Å². The average Bonchev–Trinajstić information content (AvgIpc) is 3.16. The lowest BCUT2D eigenvalue weighted by Crippen LogP contribution is -2.45. The minimum atomic E-state index is -0.145. The van der Waals surface area contributed by atoms with Crippen LogP contribution in [0.15, 0.2) is 59.2 Å². The summed E-state index contributed by atoms with van der Waals surface area (Å²) in [5, 5.41) is 4.76. The van der Waals surface area contributed by atoms with Crippen molar-refractivity contribution >= 4 is 34.1 Å². The predicted octanol–water partition coefficient (Wildman–Crippen LogP) is 5.06. The molecule has 2 aromatic carbocycles. The summed E-state index contributed by atoms with van der Waals surface area (Å²) in [7, 11) is 0. The van der Waals surface area contributed by atoms with Gasteiger partial charge in [0, 0.05) is 18.5 Å². The third-order valence-corrected chi connectivity index (χ3v) is 8.01. The molecule has 0 spiro atoms. The number of furan rings is 1. The van der Waals surface area contributed by atoms with Crippen molar-refractivity contribution in [3.63, 3.8) is 0 Å². The molecule has 3 heterocycles. The number of carbonyl (C=O) groups is 2. The molecule has 2 aliphatic rings. The van der Waals surface area contributed by atoms with Crippen LogP contribution in [-0.4, -0.2) is 40.8 Å². The lowest BCUT2D eigenvalue weighted by Gasteiger charge is -2.27. The molecule has 1 saturated carbocycles. The summed E-state index contributed by atoms with van der Waals surface area (Å²) in [4.78, 5) is 34.2. The molecule has 6 nitrogen and oxygen atoms in total. The highest BCUT2D eigenvalue weighted by Gasteiger charge is 2.54. The van der Waals surface area contributed by atoms with Gasteiger partial charge >= 0.3 is 0 Å². The lowest BCUT2D eigenvalue weighted by molar-refractivity contribution is 0.0690. The number of rotatable bonds is 5. The number of thiazole rings is 1. The lowest BCUT2D eigenvalue weighted by atomic mass is 10.1. The van der Waals surface area contributed by atoms with Crippen molar-refractivity contribution in [1.82, 2.24) is 15.2 Å². The first-order chi connectivity index (χ1) is 16.5. The van der Waals surface area contributed by atoms with E-state index in [1.807, 2.05) is 42.2 Å². The van der Waals surface area contributed by atoms with Gasteiger partial charge in [0.15, 0.2) is 0 Å². The summed E-state index contributed by atoms with van der Waals surface area (Å²) in [6, 6.07) is 15.5. The third kappa shape index (κ3) is 3.60. The van der Waals surface area contributed by atoms with Crippen molar-refractivity contribution < 1.29 is 14.0 Å². The molecule has 0 radical (unpaired) electrons. The molecule has 0 unspecified atom stereocenters. The largest absolute Gasteiger partial charge is 0.464 e. The van der Waals surface area contributed by atoms with Crippen LogP contribution in [0.1, 0.15) is 37.8 Å². The highest BCUT2D eigenvalue weighted by atomic mass is 32.1. The van der Waals surface area contributed by atoms with E-state index in [4.69, 9.17) is 4.42 Å². The second-order valence-electron chi connectivity index (χ2n) is 9.31. The van der Waals surface area contributed by atoms with E-state index in [0.717, 1.165) is 39.4 Å². The Kier molecular flexibility index (Phi) is 5.03. The van der Waals surface area contributed by atoms with Gasteiger partial charge in [-0.2, -0.15) is 0 Å². The van der Waals surface area contributed by atoms with E-state index < -0.39 is 0 Å². The van der Waals surface area contributed by atoms with E-state index in [1.54, 1.807) is 23.7 Å². The normalized spacial score (nSPS) is 21.0. The highest BCUT2D eigenvalue weighted by molar-refractivity contribution is 7.15. The number of likely N-dealkylation sites (tertiary alicyclic amines) is 1. The zero-order valence-corrected chi connectivity index (χ0v) is 19.9. The molecular weight excluding hydrogens is 446 g/mol. The van der Waals surface area contributed by atoms with Gasteiger partial charge in [-0.15, -0.1) is 11.3 Å². The molecule has 0 bridgehead atoms. The first-order valence-corrected chi connectivity index (χ1v) is 12.4. The predicted molar refractivity (Wildman–Crippen MR) is 132 cm³/mol. The molecule has 172 valence electrons. The number of benzene rings is 2. The molecule has 2 fully saturated rings. The quantitative estimate of drug-likeness (QED) is 0.441. The van der Waals surface area contributed by atoms with Gasteiger partial charge in [-0.3, -0.25) is 9.59 Å². The monoisotopic (exact) mass is 471 g/mol. The Balaban J connectivity index is 1.23. The molecule has 2 amide bonds. The number of piperidine rings is 1. The summed E-state index contributed by atoms with van der Waals surface area (Å²) in [6.07, 6.45) is 2.71. The zero-order valence-electron chi connectivity index (χ0n) is 19.1. The Labute approximate surface area is 201 Å². The number of carbonyl (C=O) groups excluding carboxylic acids is 2. The van der Waals surface area contributed by atoms with E-state index in [-0.39, 0.29) is 17.9 Å². The molecule has 1 N–H and O–H groups in total. The summed E-state index contributed by atoms with van der Waals surface area (Å²) in [6.45, 7) is 5.15. The Bertz CT molecular complexity index is 1420. The van der Waals surface area contributed by atoms with E-state index in [2.05, 4.69) is 29.4 Å². The van der Waals surface area contributed by atoms with Crippen molar-refractivity contribution in [2.24, 2.45) is 11.8 Å². The van der Waals surface area contributed by atoms with Gasteiger partial charge < -0.3 is 14.6 Å². The first kappa shape index (κ1) is 21.1. The van der Waals surface area contributed by atoms with E-state index in [1.165, 1.54) is 0 Å². The van der Waals surface area contributed by atoms with Crippen molar-refractivity contribution in [3.8, 4) is 10.4 Å². The maximum Gasteiger partial charge on any atom is 0.274 e. The number of aromatic nitrogens is 1. The zero-order chi connectivity index (χ0) is 23.4. The van der Waals surface area contributed by atoms with Gasteiger partial charge in [0.25, 0.3) is 11.8 Å². The minimum Gasteiger partial charge on any atom is -0.464 e. The van der Waals surface area contributed by atoms with Crippen LogP contribution in [-0.2, 0) is 0 Å². The van der Waals surface area contributed by atoms with Gasteiger partial charge in [0.05, 0.1) is 27.8 Å². The van der Waals surface area contributed by atoms with Crippen molar-refractivity contribution in [2.75, 3.05) is 13.1 Å². The van der Waals surface area contributed by atoms with Crippen molar-refractivity contribution in [2.45, 2.75) is 26.3 Å². The molecule has 1 aliphatic carbocycles. The van der Waals surface area contributed by atoms with Crippen LogP contribution in [0.25, 0.3) is 21.4 Å². The average molecular weight is 472 g/mol. The van der Waals surface area contributed by atoms with Gasteiger partial charge in [-0.05, 0) is 55.9 Å². The Morgan fingerprint density at radius 3 is 2.88 bits per heavy atom. The molecule has 2 aromatic heterocycles. The molecule has 1 aliphatic heterocycles. The van der Waals surface area contributed by atoms with Crippen molar-refractivity contribution in [1.29, 1.82) is 0 Å². The second-order valence-corrected chi connectivity index (χ2v) is 10.5.